The van der Waals surface area contributed by atoms with Crippen LogP contribution in [0.3, 0.4) is 0 Å². The lowest BCUT2D eigenvalue weighted by molar-refractivity contribution is -0.882. The van der Waals surface area contributed by atoms with Gasteiger partial charge in [0, 0.05) is 5.39 Å². The second-order valence-corrected chi connectivity index (χ2v) is 6.24. The topological polar surface area (TPSA) is 71.4 Å². The number of azo groups is 1. The summed E-state index contributed by atoms with van der Waals surface area (Å²) in [5, 5.41) is 19.2. The number of amides is 1. The predicted octanol–water partition coefficient (Wildman–Crippen LogP) is 2.30. The minimum Gasteiger partial charge on any atom is -0.493 e. The highest BCUT2D eigenvalue weighted by Gasteiger charge is 2.18. The van der Waals surface area contributed by atoms with Crippen LogP contribution in [0, 0.1) is 0 Å². The number of aromatic nitrogens is 1. The Labute approximate surface area is 146 Å². The van der Waals surface area contributed by atoms with E-state index in [1.165, 1.54) is 0 Å². The molecule has 128 valence electrons. The molecule has 1 aromatic heterocycles. The van der Waals surface area contributed by atoms with Gasteiger partial charge in [-0.05, 0) is 11.6 Å². The molecule has 2 aromatic carbocycles. The van der Waals surface area contributed by atoms with Crippen molar-refractivity contribution < 1.29 is 14.8 Å². The average molecular weight is 337 g/mol. The van der Waals surface area contributed by atoms with Gasteiger partial charge < -0.3 is 10.0 Å². The molecular weight excluding hydrogens is 316 g/mol. The highest BCUT2D eigenvalue weighted by molar-refractivity contribution is 5.95. The molecule has 0 radical (unpaired) electrons. The van der Waals surface area contributed by atoms with E-state index in [0.717, 1.165) is 21.4 Å². The Morgan fingerprint density at radius 1 is 1.08 bits per heavy atom. The number of fused-ring (bicyclic) bond motifs is 1. The van der Waals surface area contributed by atoms with E-state index in [2.05, 4.69) is 10.2 Å². The summed E-state index contributed by atoms with van der Waals surface area (Å²) in [6.07, 6.45) is 0.186. The first-order valence-corrected chi connectivity index (χ1v) is 8.14. The number of carbonyl (C=O) groups is 1. The summed E-state index contributed by atoms with van der Waals surface area (Å²) >= 11 is 0. The molecule has 0 unspecified atom stereocenters. The molecule has 6 heteroatoms. The van der Waals surface area contributed by atoms with Crippen LogP contribution in [0.5, 0.6) is 5.88 Å². The normalized spacial score (nSPS) is 11.6. The molecule has 2 N–H and O–H groups in total. The van der Waals surface area contributed by atoms with Gasteiger partial charge >= 0.3 is 0 Å². The standard InChI is InChI=1S/C19H20N4O2/c1-22(2)13-23-16-11-7-6-10-15(16)18(19(23)25)21-20-17(24)12-14-8-4-3-5-9-14/h3-11,25H,12-13H2,1-2H3/p+1. The SMILES string of the molecule is C[NH+](C)Cn1c(O)c(N=NC(=O)Cc2ccccc2)c2ccccc21. The number of para-hydroxylation sites is 1. The number of carbonyl (C=O) groups excluding carboxylic acids is 1. The highest BCUT2D eigenvalue weighted by Crippen LogP contribution is 2.38. The van der Waals surface area contributed by atoms with Crippen molar-refractivity contribution in [3.63, 3.8) is 0 Å². The molecule has 3 rings (SSSR count). The molecule has 0 aliphatic carbocycles. The van der Waals surface area contributed by atoms with E-state index in [0.29, 0.717) is 12.4 Å². The molecule has 0 spiro atoms. The number of aromatic hydroxyl groups is 1. The van der Waals surface area contributed by atoms with Gasteiger partial charge in [0.05, 0.1) is 26.0 Å². The zero-order valence-electron chi connectivity index (χ0n) is 14.3. The summed E-state index contributed by atoms with van der Waals surface area (Å²) in [5.74, 6) is -0.320. The van der Waals surface area contributed by atoms with Gasteiger partial charge in [-0.3, -0.25) is 9.36 Å². The van der Waals surface area contributed by atoms with Gasteiger partial charge in [-0.25, -0.2) is 0 Å². The smallest absolute Gasteiger partial charge is 0.269 e. The summed E-state index contributed by atoms with van der Waals surface area (Å²) in [7, 11) is 4.00. The van der Waals surface area contributed by atoms with Gasteiger partial charge in [0.25, 0.3) is 5.91 Å². The fourth-order valence-electron chi connectivity index (χ4n) is 2.76. The molecular formula is C19H21N4O2+. The van der Waals surface area contributed by atoms with Crippen molar-refractivity contribution in [1.29, 1.82) is 0 Å². The summed E-state index contributed by atoms with van der Waals surface area (Å²) < 4.78 is 1.78. The molecule has 0 atom stereocenters. The fraction of sp³-hybridized carbons (Fsp3) is 0.211. The lowest BCUT2D eigenvalue weighted by atomic mass is 10.1. The van der Waals surface area contributed by atoms with Crippen molar-refractivity contribution in [3.05, 3.63) is 60.2 Å². The van der Waals surface area contributed by atoms with Gasteiger partial charge in [-0.2, -0.15) is 0 Å². The lowest BCUT2D eigenvalue weighted by Crippen LogP contribution is -3.04. The van der Waals surface area contributed by atoms with Crippen molar-refractivity contribution in [2.24, 2.45) is 10.2 Å². The van der Waals surface area contributed by atoms with E-state index in [1.54, 1.807) is 4.57 Å². The van der Waals surface area contributed by atoms with Crippen LogP contribution in [0.25, 0.3) is 10.9 Å². The van der Waals surface area contributed by atoms with Gasteiger partial charge in [0.15, 0.2) is 12.4 Å². The minimum absolute atomic E-state index is 0.0265. The predicted molar refractivity (Wildman–Crippen MR) is 96.1 cm³/mol. The molecule has 1 heterocycles. The maximum Gasteiger partial charge on any atom is 0.269 e. The molecule has 0 bridgehead atoms. The summed E-state index contributed by atoms with van der Waals surface area (Å²) in [4.78, 5) is 13.2. The lowest BCUT2D eigenvalue weighted by Gasteiger charge is -2.10. The summed E-state index contributed by atoms with van der Waals surface area (Å²) in [6, 6.07) is 17.0. The van der Waals surface area contributed by atoms with Gasteiger partial charge in [-0.1, -0.05) is 48.5 Å². The number of quaternary nitrogens is 1. The van der Waals surface area contributed by atoms with Crippen LogP contribution >= 0.6 is 0 Å². The van der Waals surface area contributed by atoms with E-state index in [9.17, 15) is 9.90 Å². The van der Waals surface area contributed by atoms with Crippen LogP contribution in [0.4, 0.5) is 5.69 Å². The van der Waals surface area contributed by atoms with Gasteiger partial charge in [0.2, 0.25) is 5.88 Å². The Balaban J connectivity index is 1.90. The van der Waals surface area contributed by atoms with Gasteiger partial charge in [0.1, 0.15) is 0 Å². The van der Waals surface area contributed by atoms with Crippen LogP contribution in [0.15, 0.2) is 64.8 Å². The molecule has 25 heavy (non-hydrogen) atoms. The minimum atomic E-state index is -0.347. The van der Waals surface area contributed by atoms with Crippen molar-refractivity contribution in [1.82, 2.24) is 4.57 Å². The van der Waals surface area contributed by atoms with E-state index in [4.69, 9.17) is 0 Å². The molecule has 0 fully saturated rings. The molecule has 0 saturated heterocycles. The first-order chi connectivity index (χ1) is 12.1. The number of hydrogen-bond acceptors (Lipinski definition) is 3. The highest BCUT2D eigenvalue weighted by atomic mass is 16.3. The fourth-order valence-corrected chi connectivity index (χ4v) is 2.76. The van der Waals surface area contributed by atoms with Gasteiger partial charge in [-0.15, -0.1) is 10.2 Å². The third-order valence-electron chi connectivity index (χ3n) is 3.85. The Morgan fingerprint density at radius 3 is 2.48 bits per heavy atom. The molecule has 0 saturated carbocycles. The van der Waals surface area contributed by atoms with Crippen LogP contribution in [-0.2, 0) is 17.9 Å². The second kappa shape index (κ2) is 7.27. The van der Waals surface area contributed by atoms with E-state index < -0.39 is 0 Å². The molecule has 3 aromatic rings. The molecule has 6 nitrogen and oxygen atoms in total. The maximum atomic E-state index is 12.1. The number of rotatable bonds is 5. The average Bonchev–Trinajstić information content (AvgIpc) is 2.86. The zero-order chi connectivity index (χ0) is 17.8. The molecule has 0 aliphatic heterocycles. The van der Waals surface area contributed by atoms with Crippen molar-refractivity contribution >= 4 is 22.5 Å². The molecule has 0 aliphatic rings. The van der Waals surface area contributed by atoms with E-state index in [-0.39, 0.29) is 18.2 Å². The third-order valence-corrected chi connectivity index (χ3v) is 3.85. The summed E-state index contributed by atoms with van der Waals surface area (Å²) in [5.41, 5.74) is 2.08. The maximum absolute atomic E-state index is 12.1. The van der Waals surface area contributed by atoms with E-state index >= 15 is 0 Å². The third kappa shape index (κ3) is 3.75. The number of nitrogens with zero attached hydrogens (tertiary/aromatic N) is 3. The Hall–Kier alpha value is -2.99. The monoisotopic (exact) mass is 337 g/mol. The number of hydrogen-bond donors (Lipinski definition) is 2. The van der Waals surface area contributed by atoms with Crippen molar-refractivity contribution in [3.8, 4) is 5.88 Å². The van der Waals surface area contributed by atoms with Crippen molar-refractivity contribution in [2.45, 2.75) is 13.1 Å². The van der Waals surface area contributed by atoms with E-state index in [1.807, 2.05) is 68.7 Å². The van der Waals surface area contributed by atoms with Crippen molar-refractivity contribution in [2.75, 3.05) is 14.1 Å². The van der Waals surface area contributed by atoms with Crippen LogP contribution in [0.2, 0.25) is 0 Å². The number of benzene rings is 2. The van der Waals surface area contributed by atoms with Crippen LogP contribution in [0.1, 0.15) is 5.56 Å². The Kier molecular flexibility index (Phi) is 4.90. The quantitative estimate of drug-likeness (QED) is 0.701. The zero-order valence-corrected chi connectivity index (χ0v) is 14.3. The number of nitrogens with one attached hydrogen (secondary N) is 1. The Bertz CT molecular complexity index is 914. The second-order valence-electron chi connectivity index (χ2n) is 6.24. The first kappa shape index (κ1) is 16.9. The summed E-state index contributed by atoms with van der Waals surface area (Å²) in [6.45, 7) is 0.583. The van der Waals surface area contributed by atoms with Crippen LogP contribution in [-0.4, -0.2) is 29.7 Å². The molecule has 1 amide bonds. The Morgan fingerprint density at radius 2 is 1.76 bits per heavy atom. The largest absolute Gasteiger partial charge is 0.493 e. The van der Waals surface area contributed by atoms with Crippen LogP contribution < -0.4 is 4.90 Å². The first-order valence-electron chi connectivity index (χ1n) is 8.14.